The Kier molecular flexibility index (Phi) is 5.99. The number of nitrogens with zero attached hydrogens (tertiary/aromatic N) is 2. The van der Waals surface area contributed by atoms with Crippen molar-refractivity contribution in [3.05, 3.63) is 54.6 Å². The molecule has 1 aromatic heterocycles. The number of fused-ring (bicyclic) bond motifs is 1. The first-order valence-electron chi connectivity index (χ1n) is 10.5. The molecule has 0 bridgehead atoms. The molecule has 1 aliphatic rings. The van der Waals surface area contributed by atoms with Gasteiger partial charge in [0.15, 0.2) is 0 Å². The third kappa shape index (κ3) is 4.23. The highest BCUT2D eigenvalue weighted by atomic mass is 16.5. The van der Waals surface area contributed by atoms with E-state index in [1.165, 1.54) is 11.8 Å². The minimum Gasteiger partial charge on any atom is -0.497 e. The summed E-state index contributed by atoms with van der Waals surface area (Å²) in [5.41, 5.74) is 2.43. The smallest absolute Gasteiger partial charge is 0.308 e. The molecule has 1 amide bonds. The van der Waals surface area contributed by atoms with Crippen molar-refractivity contribution >= 4 is 22.8 Å². The Morgan fingerprint density at radius 3 is 2.50 bits per heavy atom. The van der Waals surface area contributed by atoms with Gasteiger partial charge in [0.25, 0.3) is 0 Å². The summed E-state index contributed by atoms with van der Waals surface area (Å²) < 4.78 is 11.7. The maximum Gasteiger partial charge on any atom is 0.308 e. The monoisotopic (exact) mass is 434 g/mol. The standard InChI is InChI=1S/C25H26N2O5/c1-15(28)27(2)23-13-18(11-20(23)25(29)30)32-24-14-21(16-7-5-4-6-8-16)26-22-12-17(31-3)9-10-19(22)24/h4-10,12,14,18,20,23H,11,13H2,1-3H3,(H,29,30)/t18-,20-,23+/m1/s1. The second-order valence-electron chi connectivity index (χ2n) is 8.11. The Morgan fingerprint density at radius 2 is 1.84 bits per heavy atom. The van der Waals surface area contributed by atoms with E-state index in [2.05, 4.69) is 0 Å². The topological polar surface area (TPSA) is 89.0 Å². The second-order valence-corrected chi connectivity index (χ2v) is 8.11. The molecule has 1 N–H and O–H groups in total. The van der Waals surface area contributed by atoms with Crippen molar-refractivity contribution in [2.75, 3.05) is 14.2 Å². The summed E-state index contributed by atoms with van der Waals surface area (Å²) in [5.74, 6) is -0.415. The van der Waals surface area contributed by atoms with Crippen molar-refractivity contribution in [2.24, 2.45) is 5.92 Å². The van der Waals surface area contributed by atoms with Gasteiger partial charge in [0, 0.05) is 49.5 Å². The summed E-state index contributed by atoms with van der Waals surface area (Å²) >= 11 is 0. The highest BCUT2D eigenvalue weighted by Gasteiger charge is 2.43. The number of pyridine rings is 1. The van der Waals surface area contributed by atoms with Crippen LogP contribution in [0.4, 0.5) is 0 Å². The molecule has 0 radical (unpaired) electrons. The van der Waals surface area contributed by atoms with Gasteiger partial charge in [-0.1, -0.05) is 30.3 Å². The van der Waals surface area contributed by atoms with Crippen LogP contribution in [0.2, 0.25) is 0 Å². The lowest BCUT2D eigenvalue weighted by molar-refractivity contribution is -0.144. The first kappa shape index (κ1) is 21.6. The molecule has 7 heteroatoms. The molecule has 7 nitrogen and oxygen atoms in total. The molecule has 1 fully saturated rings. The van der Waals surface area contributed by atoms with Crippen LogP contribution in [0.25, 0.3) is 22.2 Å². The van der Waals surface area contributed by atoms with E-state index in [-0.39, 0.29) is 12.0 Å². The van der Waals surface area contributed by atoms with Crippen molar-refractivity contribution < 1.29 is 24.2 Å². The van der Waals surface area contributed by atoms with Crippen LogP contribution >= 0.6 is 0 Å². The van der Waals surface area contributed by atoms with Crippen molar-refractivity contribution in [1.82, 2.24) is 9.88 Å². The number of benzene rings is 2. The van der Waals surface area contributed by atoms with Crippen LogP contribution < -0.4 is 9.47 Å². The number of carbonyl (C=O) groups is 2. The second kappa shape index (κ2) is 8.86. The highest BCUT2D eigenvalue weighted by Crippen LogP contribution is 2.37. The number of ether oxygens (including phenoxy) is 2. The van der Waals surface area contributed by atoms with Gasteiger partial charge in [0.1, 0.15) is 17.6 Å². The Balaban J connectivity index is 1.72. The summed E-state index contributed by atoms with van der Waals surface area (Å²) in [6, 6.07) is 16.9. The van der Waals surface area contributed by atoms with Gasteiger partial charge < -0.3 is 19.5 Å². The number of carbonyl (C=O) groups excluding carboxylic acids is 1. The van der Waals surface area contributed by atoms with E-state index in [1.54, 1.807) is 14.2 Å². The first-order valence-corrected chi connectivity index (χ1v) is 10.5. The number of aliphatic carboxylic acids is 1. The van der Waals surface area contributed by atoms with Crippen LogP contribution in [0.15, 0.2) is 54.6 Å². The van der Waals surface area contributed by atoms with Gasteiger partial charge >= 0.3 is 5.97 Å². The molecule has 3 atom stereocenters. The molecule has 1 aliphatic carbocycles. The fraction of sp³-hybridized carbons (Fsp3) is 0.320. The minimum atomic E-state index is -0.913. The minimum absolute atomic E-state index is 0.158. The molecule has 0 spiro atoms. The molecule has 0 unspecified atom stereocenters. The predicted octanol–water partition coefficient (Wildman–Crippen LogP) is 4.00. The van der Waals surface area contributed by atoms with Crippen LogP contribution in [0, 0.1) is 5.92 Å². The van der Waals surface area contributed by atoms with Gasteiger partial charge in [0.2, 0.25) is 5.91 Å². The Bertz CT molecular complexity index is 1150. The maximum atomic E-state index is 11.9. The Morgan fingerprint density at radius 1 is 1.09 bits per heavy atom. The largest absolute Gasteiger partial charge is 0.497 e. The molecule has 4 rings (SSSR count). The molecular formula is C25H26N2O5. The van der Waals surface area contributed by atoms with E-state index in [4.69, 9.17) is 14.5 Å². The van der Waals surface area contributed by atoms with Crippen molar-refractivity contribution in [1.29, 1.82) is 0 Å². The molecule has 32 heavy (non-hydrogen) atoms. The number of aromatic nitrogens is 1. The van der Waals surface area contributed by atoms with E-state index < -0.39 is 17.9 Å². The summed E-state index contributed by atoms with van der Waals surface area (Å²) in [6.07, 6.45) is 0.450. The van der Waals surface area contributed by atoms with E-state index in [0.29, 0.717) is 24.3 Å². The lowest BCUT2D eigenvalue weighted by Gasteiger charge is -2.26. The predicted molar refractivity (Wildman–Crippen MR) is 121 cm³/mol. The van der Waals surface area contributed by atoms with Crippen molar-refractivity contribution in [3.8, 4) is 22.8 Å². The van der Waals surface area contributed by atoms with Gasteiger partial charge in [-0.05, 0) is 18.6 Å². The van der Waals surface area contributed by atoms with Crippen LogP contribution in [-0.2, 0) is 9.59 Å². The Labute approximate surface area is 186 Å². The maximum absolute atomic E-state index is 11.9. The van der Waals surface area contributed by atoms with Crippen LogP contribution in [0.3, 0.4) is 0 Å². The highest BCUT2D eigenvalue weighted by molar-refractivity contribution is 5.89. The summed E-state index contributed by atoms with van der Waals surface area (Å²) in [7, 11) is 3.25. The number of amides is 1. The number of methoxy groups -OCH3 is 1. The van der Waals surface area contributed by atoms with Crippen LogP contribution in [-0.4, -0.2) is 53.2 Å². The third-order valence-electron chi connectivity index (χ3n) is 6.14. The third-order valence-corrected chi connectivity index (χ3v) is 6.14. The summed E-state index contributed by atoms with van der Waals surface area (Å²) in [6.45, 7) is 1.45. The van der Waals surface area contributed by atoms with E-state index >= 15 is 0 Å². The van der Waals surface area contributed by atoms with Gasteiger partial charge in [-0.15, -0.1) is 0 Å². The molecule has 1 saturated carbocycles. The molecule has 166 valence electrons. The number of hydrogen-bond donors (Lipinski definition) is 1. The van der Waals surface area contributed by atoms with E-state index in [1.807, 2.05) is 54.6 Å². The van der Waals surface area contributed by atoms with Crippen molar-refractivity contribution in [3.63, 3.8) is 0 Å². The van der Waals surface area contributed by atoms with E-state index in [9.17, 15) is 14.7 Å². The van der Waals surface area contributed by atoms with Gasteiger partial charge in [0.05, 0.1) is 24.2 Å². The normalized spacial score (nSPS) is 20.2. The zero-order valence-corrected chi connectivity index (χ0v) is 18.3. The van der Waals surface area contributed by atoms with Gasteiger partial charge in [-0.25, -0.2) is 4.98 Å². The van der Waals surface area contributed by atoms with E-state index in [0.717, 1.165) is 22.2 Å². The lowest BCUT2D eigenvalue weighted by Crippen LogP contribution is -2.40. The molecule has 3 aromatic rings. The molecule has 0 saturated heterocycles. The quantitative estimate of drug-likeness (QED) is 0.631. The average Bonchev–Trinajstić information content (AvgIpc) is 3.22. The zero-order chi connectivity index (χ0) is 22.8. The van der Waals surface area contributed by atoms with Gasteiger partial charge in [-0.2, -0.15) is 0 Å². The summed E-state index contributed by atoms with van der Waals surface area (Å²) in [5, 5.41) is 10.5. The number of carboxylic acids is 1. The van der Waals surface area contributed by atoms with Crippen LogP contribution in [0.5, 0.6) is 11.5 Å². The zero-order valence-electron chi connectivity index (χ0n) is 18.3. The molecule has 1 heterocycles. The van der Waals surface area contributed by atoms with Gasteiger partial charge in [-0.3, -0.25) is 9.59 Å². The fourth-order valence-corrected chi connectivity index (χ4v) is 4.33. The number of rotatable bonds is 6. The fourth-order valence-electron chi connectivity index (χ4n) is 4.33. The number of hydrogen-bond acceptors (Lipinski definition) is 5. The SMILES string of the molecule is COc1ccc2c(O[C@@H]3C[C@@H](C(=O)O)[C@@H](N(C)C(C)=O)C3)cc(-c3ccccc3)nc2c1. The number of carboxylic acid groups (broad SMARTS) is 1. The molecule has 2 aromatic carbocycles. The van der Waals surface area contributed by atoms with Crippen molar-refractivity contribution in [2.45, 2.75) is 31.9 Å². The van der Waals surface area contributed by atoms with Crippen LogP contribution in [0.1, 0.15) is 19.8 Å². The Hall–Kier alpha value is -3.61. The molecule has 0 aliphatic heterocycles. The first-order chi connectivity index (χ1) is 15.4. The average molecular weight is 434 g/mol. The molecular weight excluding hydrogens is 408 g/mol. The summed E-state index contributed by atoms with van der Waals surface area (Å²) in [4.78, 5) is 30.0. The lowest BCUT2D eigenvalue weighted by atomic mass is 10.0.